The van der Waals surface area contributed by atoms with E-state index in [1.807, 2.05) is 0 Å². The Morgan fingerprint density at radius 1 is 0.879 bits per heavy atom. The third-order valence-corrected chi connectivity index (χ3v) is 10.5. The molecule has 1 amide bonds. The van der Waals surface area contributed by atoms with Gasteiger partial charge in [0.05, 0.1) is 10.5 Å². The van der Waals surface area contributed by atoms with Gasteiger partial charge in [0.1, 0.15) is 0 Å². The van der Waals surface area contributed by atoms with Gasteiger partial charge in [0, 0.05) is 25.0 Å². The molecule has 1 aromatic rings. The number of hydrogen-bond donors (Lipinski definition) is 1. The van der Waals surface area contributed by atoms with E-state index in [0.717, 1.165) is 48.4 Å². The molecule has 0 radical (unpaired) electrons. The summed E-state index contributed by atoms with van der Waals surface area (Å²) in [6.07, 6.45) is 3.79. The maximum absolute atomic E-state index is 13.0. The lowest BCUT2D eigenvalue weighted by Crippen LogP contribution is -2.47. The molecule has 3 bridgehead atoms. The molecule has 33 heavy (non-hydrogen) atoms. The number of nitrogens with zero attached hydrogens (tertiary/aromatic N) is 1. The van der Waals surface area contributed by atoms with Gasteiger partial charge in [-0.25, -0.2) is 8.42 Å². The van der Waals surface area contributed by atoms with Crippen molar-refractivity contribution in [2.24, 2.45) is 29.6 Å². The molecule has 5 nitrogen and oxygen atoms in total. The van der Waals surface area contributed by atoms with Crippen LogP contribution in [0.15, 0.2) is 29.2 Å². The summed E-state index contributed by atoms with van der Waals surface area (Å²) >= 11 is 0. The van der Waals surface area contributed by atoms with Gasteiger partial charge in [-0.3, -0.25) is 4.79 Å². The first-order chi connectivity index (χ1) is 15.6. The largest absolute Gasteiger partial charge is 0.416 e. The van der Waals surface area contributed by atoms with Crippen molar-refractivity contribution in [1.82, 2.24) is 9.62 Å². The van der Waals surface area contributed by atoms with Gasteiger partial charge in [0.2, 0.25) is 15.9 Å². The summed E-state index contributed by atoms with van der Waals surface area (Å²) < 4.78 is 65.4. The smallest absolute Gasteiger partial charge is 0.353 e. The summed E-state index contributed by atoms with van der Waals surface area (Å²) in [6, 6.07) is 3.83. The normalized spacial score (nSPS) is 33.1. The van der Waals surface area contributed by atoms with Crippen molar-refractivity contribution in [2.75, 3.05) is 13.1 Å². The summed E-state index contributed by atoms with van der Waals surface area (Å²) in [7, 11) is -3.88. The minimum absolute atomic E-state index is 0.0317. The van der Waals surface area contributed by atoms with E-state index < -0.39 is 21.8 Å². The third-order valence-electron chi connectivity index (χ3n) is 8.57. The lowest BCUT2D eigenvalue weighted by molar-refractivity contribution is -0.137. The molecule has 182 valence electrons. The number of fused-ring (bicyclic) bond motifs is 2. The van der Waals surface area contributed by atoms with Gasteiger partial charge in [-0.15, -0.1) is 0 Å². The molecule has 1 heterocycles. The summed E-state index contributed by atoms with van der Waals surface area (Å²) in [5.74, 6) is 2.89. The number of amides is 1. The Labute approximate surface area is 193 Å². The number of nitrogens with one attached hydrogen (secondary N) is 1. The molecular weight excluding hydrogens is 453 g/mol. The second kappa shape index (κ2) is 8.56. The topological polar surface area (TPSA) is 66.5 Å². The molecule has 3 aliphatic carbocycles. The highest BCUT2D eigenvalue weighted by Gasteiger charge is 2.46. The van der Waals surface area contributed by atoms with E-state index in [0.29, 0.717) is 18.8 Å². The zero-order chi connectivity index (χ0) is 23.4. The predicted octanol–water partition coefficient (Wildman–Crippen LogP) is 4.44. The van der Waals surface area contributed by atoms with Crippen LogP contribution in [0.1, 0.15) is 56.9 Å². The first kappa shape index (κ1) is 23.1. The van der Waals surface area contributed by atoms with E-state index in [1.165, 1.54) is 36.4 Å². The van der Waals surface area contributed by atoms with Crippen LogP contribution in [0.2, 0.25) is 0 Å². The van der Waals surface area contributed by atoms with E-state index in [2.05, 4.69) is 5.32 Å². The van der Waals surface area contributed by atoms with Gasteiger partial charge in [-0.2, -0.15) is 17.5 Å². The highest BCUT2D eigenvalue weighted by atomic mass is 32.2. The summed E-state index contributed by atoms with van der Waals surface area (Å²) in [4.78, 5) is 12.9. The second-order valence-electron chi connectivity index (χ2n) is 10.5. The van der Waals surface area contributed by atoms with Crippen LogP contribution in [0, 0.1) is 29.6 Å². The number of hydrogen-bond acceptors (Lipinski definition) is 3. The first-order valence-corrected chi connectivity index (χ1v) is 13.5. The number of alkyl halides is 3. The number of sulfonamides is 1. The zero-order valence-electron chi connectivity index (χ0n) is 18.6. The minimum atomic E-state index is -4.51. The van der Waals surface area contributed by atoms with E-state index in [4.69, 9.17) is 0 Å². The number of piperidine rings is 1. The van der Waals surface area contributed by atoms with E-state index in [1.54, 1.807) is 0 Å². The first-order valence-electron chi connectivity index (χ1n) is 12.1. The highest BCUT2D eigenvalue weighted by Crippen LogP contribution is 2.53. The monoisotopic (exact) mass is 484 g/mol. The fraction of sp³-hybridized carbons (Fsp3) is 0.708. The van der Waals surface area contributed by atoms with Crippen LogP contribution in [-0.2, 0) is 21.0 Å². The quantitative estimate of drug-likeness (QED) is 0.687. The van der Waals surface area contributed by atoms with Crippen molar-refractivity contribution in [3.05, 3.63) is 29.8 Å². The van der Waals surface area contributed by atoms with Gasteiger partial charge >= 0.3 is 6.18 Å². The van der Waals surface area contributed by atoms with E-state index in [9.17, 15) is 26.4 Å². The number of carbonyl (C=O) groups excluding carboxylic acids is 1. The average Bonchev–Trinajstić information content (AvgIpc) is 3.02. The molecule has 5 unspecified atom stereocenters. The standard InChI is InChI=1S/C24H31F3N2O3S/c25-24(26,27)20-2-4-21(5-3-20)33(31,32)29-9-7-16(8-10-29)23(30)28-22-6-1-17-11-15-12-18(17)14-19(22)13-15/h2-5,15-19,22H,1,6-14H2,(H,28,30). The molecule has 5 rings (SSSR count). The molecular formula is C24H31F3N2O3S. The lowest BCUT2D eigenvalue weighted by atomic mass is 9.77. The van der Waals surface area contributed by atoms with E-state index in [-0.39, 0.29) is 35.9 Å². The second-order valence-corrected chi connectivity index (χ2v) is 12.4. The summed E-state index contributed by atoms with van der Waals surface area (Å²) in [5, 5.41) is 3.32. The van der Waals surface area contributed by atoms with Gasteiger partial charge in [0.25, 0.3) is 0 Å². The number of benzene rings is 1. The zero-order valence-corrected chi connectivity index (χ0v) is 19.4. The molecule has 1 N–H and O–H groups in total. The van der Waals surface area contributed by atoms with Gasteiger partial charge < -0.3 is 5.32 Å². The van der Waals surface area contributed by atoms with Crippen LogP contribution in [0.25, 0.3) is 0 Å². The lowest BCUT2D eigenvalue weighted by Gasteiger charge is -2.35. The van der Waals surface area contributed by atoms with Crippen LogP contribution in [-0.4, -0.2) is 37.8 Å². The molecule has 4 aliphatic rings. The maximum Gasteiger partial charge on any atom is 0.416 e. The summed E-state index contributed by atoms with van der Waals surface area (Å²) in [6.45, 7) is 0.392. The molecule has 3 saturated carbocycles. The molecule has 0 aromatic heterocycles. The Balaban J connectivity index is 1.17. The Morgan fingerprint density at radius 2 is 1.52 bits per heavy atom. The van der Waals surface area contributed by atoms with Crippen molar-refractivity contribution >= 4 is 15.9 Å². The van der Waals surface area contributed by atoms with Crippen LogP contribution in [0.4, 0.5) is 13.2 Å². The molecule has 9 heteroatoms. The predicted molar refractivity (Wildman–Crippen MR) is 117 cm³/mol. The van der Waals surface area contributed by atoms with Crippen LogP contribution in [0.3, 0.4) is 0 Å². The fourth-order valence-corrected chi connectivity index (χ4v) is 8.33. The number of carbonyl (C=O) groups is 1. The molecule has 1 aliphatic heterocycles. The molecule has 1 saturated heterocycles. The number of halogens is 3. The highest BCUT2D eigenvalue weighted by molar-refractivity contribution is 7.89. The van der Waals surface area contributed by atoms with Crippen molar-refractivity contribution in [1.29, 1.82) is 0 Å². The molecule has 1 aromatic carbocycles. The van der Waals surface area contributed by atoms with Gasteiger partial charge in [0.15, 0.2) is 0 Å². The Bertz CT molecular complexity index is 987. The Morgan fingerprint density at radius 3 is 2.18 bits per heavy atom. The van der Waals surface area contributed by atoms with Crippen molar-refractivity contribution in [3.8, 4) is 0 Å². The fourth-order valence-electron chi connectivity index (χ4n) is 6.86. The number of rotatable bonds is 4. The Kier molecular flexibility index (Phi) is 6.00. The molecule has 0 spiro atoms. The van der Waals surface area contributed by atoms with Crippen molar-refractivity contribution < 1.29 is 26.4 Å². The maximum atomic E-state index is 13.0. The van der Waals surface area contributed by atoms with E-state index >= 15 is 0 Å². The average molecular weight is 485 g/mol. The van der Waals surface area contributed by atoms with Crippen molar-refractivity contribution in [3.63, 3.8) is 0 Å². The van der Waals surface area contributed by atoms with Crippen LogP contribution >= 0.6 is 0 Å². The van der Waals surface area contributed by atoms with Crippen LogP contribution in [0.5, 0.6) is 0 Å². The Hall–Kier alpha value is -1.61. The van der Waals surface area contributed by atoms with Crippen LogP contribution < -0.4 is 5.32 Å². The van der Waals surface area contributed by atoms with Crippen molar-refractivity contribution in [2.45, 2.75) is 68.5 Å². The SMILES string of the molecule is O=C(NC1CCC2CC3CC2CC1C3)C1CCN(S(=O)(=O)c2ccc(C(F)(F)F)cc2)CC1. The minimum Gasteiger partial charge on any atom is -0.353 e. The van der Waals surface area contributed by atoms with Gasteiger partial charge in [-0.05, 0) is 99.3 Å². The molecule has 5 atom stereocenters. The summed E-state index contributed by atoms with van der Waals surface area (Å²) in [5.41, 5.74) is -0.878. The molecule has 4 fully saturated rings. The van der Waals surface area contributed by atoms with Gasteiger partial charge in [-0.1, -0.05) is 0 Å². The third kappa shape index (κ3) is 4.55.